The quantitative estimate of drug-likeness (QED) is 0.847. The molecule has 0 fully saturated rings. The van der Waals surface area contributed by atoms with Crippen molar-refractivity contribution in [3.63, 3.8) is 0 Å². The van der Waals surface area contributed by atoms with Gasteiger partial charge in [-0.2, -0.15) is 0 Å². The summed E-state index contributed by atoms with van der Waals surface area (Å²) in [4.78, 5) is 11.4. The molecule has 1 amide bonds. The van der Waals surface area contributed by atoms with Crippen molar-refractivity contribution < 1.29 is 13.6 Å². The highest BCUT2D eigenvalue weighted by molar-refractivity contribution is 6.31. The lowest BCUT2D eigenvalue weighted by Crippen LogP contribution is -2.42. The van der Waals surface area contributed by atoms with E-state index in [-0.39, 0.29) is 6.42 Å². The number of hydrogen-bond donors (Lipinski definition) is 2. The van der Waals surface area contributed by atoms with E-state index < -0.39 is 24.9 Å². The molecule has 1 rings (SSSR count). The minimum atomic E-state index is -3.07. The van der Waals surface area contributed by atoms with Crippen molar-refractivity contribution >= 4 is 17.5 Å². The van der Waals surface area contributed by atoms with Crippen LogP contribution in [0.2, 0.25) is 5.02 Å². The average Bonchev–Trinajstić information content (AvgIpc) is 2.30. The summed E-state index contributed by atoms with van der Waals surface area (Å²) in [6.07, 6.45) is -0.0275. The van der Waals surface area contributed by atoms with Crippen LogP contribution in [0, 0.1) is 0 Å². The van der Waals surface area contributed by atoms with Crippen LogP contribution in [-0.2, 0) is 11.2 Å². The third-order valence-electron chi connectivity index (χ3n) is 2.15. The smallest absolute Gasteiger partial charge is 0.277 e. The highest BCUT2D eigenvalue weighted by Crippen LogP contribution is 2.15. The van der Waals surface area contributed by atoms with Crippen molar-refractivity contribution in [1.82, 2.24) is 5.32 Å². The van der Waals surface area contributed by atoms with Gasteiger partial charge in [0.1, 0.15) is 0 Å². The number of benzene rings is 1. The van der Waals surface area contributed by atoms with E-state index in [1.807, 2.05) is 0 Å². The van der Waals surface area contributed by atoms with Crippen LogP contribution in [0.5, 0.6) is 0 Å². The number of hydrogen-bond acceptors (Lipinski definition) is 2. The molecule has 0 heterocycles. The molecule has 3 nitrogen and oxygen atoms in total. The van der Waals surface area contributed by atoms with Gasteiger partial charge in [-0.05, 0) is 11.6 Å². The largest absolute Gasteiger partial charge is 0.350 e. The first kappa shape index (κ1) is 13.9. The lowest BCUT2D eigenvalue weighted by Gasteiger charge is -2.14. The van der Waals surface area contributed by atoms with E-state index >= 15 is 0 Å². The van der Waals surface area contributed by atoms with Crippen molar-refractivity contribution in [2.75, 3.05) is 13.1 Å². The predicted octanol–water partition coefficient (Wildman–Crippen LogP) is 1.59. The van der Waals surface area contributed by atoms with Gasteiger partial charge in [-0.3, -0.25) is 4.79 Å². The summed E-state index contributed by atoms with van der Waals surface area (Å²) < 4.78 is 25.5. The maximum atomic E-state index is 12.8. The van der Waals surface area contributed by atoms with E-state index in [0.717, 1.165) is 0 Å². The number of halogens is 3. The van der Waals surface area contributed by atoms with Gasteiger partial charge in [-0.1, -0.05) is 29.8 Å². The van der Waals surface area contributed by atoms with Gasteiger partial charge < -0.3 is 11.1 Å². The van der Waals surface area contributed by atoms with Gasteiger partial charge in [0.05, 0.1) is 19.5 Å². The van der Waals surface area contributed by atoms with Gasteiger partial charge in [0.2, 0.25) is 5.91 Å². The van der Waals surface area contributed by atoms with Gasteiger partial charge in [0.25, 0.3) is 5.92 Å². The van der Waals surface area contributed by atoms with E-state index in [4.69, 9.17) is 17.3 Å². The number of amides is 1. The summed E-state index contributed by atoms with van der Waals surface area (Å²) in [5, 5.41) is 2.56. The lowest BCUT2D eigenvalue weighted by atomic mass is 10.1. The number of rotatable bonds is 5. The monoisotopic (exact) mass is 262 g/mol. The Bertz CT molecular complexity index is 399. The van der Waals surface area contributed by atoms with Crippen LogP contribution in [0.25, 0.3) is 0 Å². The number of nitrogens with one attached hydrogen (secondary N) is 1. The molecule has 0 spiro atoms. The highest BCUT2D eigenvalue weighted by atomic mass is 35.5. The van der Waals surface area contributed by atoms with Crippen LogP contribution in [0.3, 0.4) is 0 Å². The maximum absolute atomic E-state index is 12.8. The number of carbonyl (C=O) groups is 1. The van der Waals surface area contributed by atoms with E-state index in [2.05, 4.69) is 5.32 Å². The third-order valence-corrected chi connectivity index (χ3v) is 2.52. The first-order chi connectivity index (χ1) is 7.94. The molecule has 94 valence electrons. The van der Waals surface area contributed by atoms with Crippen molar-refractivity contribution in [2.24, 2.45) is 5.73 Å². The minimum Gasteiger partial charge on any atom is -0.350 e. The fraction of sp³-hybridized carbons (Fsp3) is 0.364. The summed E-state index contributed by atoms with van der Waals surface area (Å²) in [5.74, 6) is -3.58. The van der Waals surface area contributed by atoms with Crippen LogP contribution in [0.1, 0.15) is 5.56 Å². The van der Waals surface area contributed by atoms with Crippen molar-refractivity contribution in [3.05, 3.63) is 34.9 Å². The molecule has 6 heteroatoms. The van der Waals surface area contributed by atoms with E-state index in [9.17, 15) is 13.6 Å². The van der Waals surface area contributed by atoms with Gasteiger partial charge in [-0.25, -0.2) is 8.78 Å². The predicted molar refractivity (Wildman–Crippen MR) is 62.2 cm³/mol. The van der Waals surface area contributed by atoms with Gasteiger partial charge in [-0.15, -0.1) is 0 Å². The molecule has 0 aliphatic rings. The maximum Gasteiger partial charge on any atom is 0.277 e. The first-order valence-corrected chi connectivity index (χ1v) is 5.40. The van der Waals surface area contributed by atoms with E-state index in [1.54, 1.807) is 24.3 Å². The summed E-state index contributed by atoms with van der Waals surface area (Å²) in [5.41, 5.74) is 5.45. The molecule has 17 heavy (non-hydrogen) atoms. The summed E-state index contributed by atoms with van der Waals surface area (Å²) in [6.45, 7) is -1.55. The first-order valence-electron chi connectivity index (χ1n) is 5.02. The average molecular weight is 263 g/mol. The molecular formula is C11H13ClF2N2O. The third kappa shape index (κ3) is 4.66. The molecule has 0 unspecified atom stereocenters. The number of carbonyl (C=O) groups excluding carboxylic acids is 1. The van der Waals surface area contributed by atoms with Gasteiger partial charge >= 0.3 is 0 Å². The van der Waals surface area contributed by atoms with Crippen LogP contribution in [-0.4, -0.2) is 24.9 Å². The molecule has 0 aromatic heterocycles. The molecule has 1 aromatic rings. The molecule has 0 saturated carbocycles. The minimum absolute atomic E-state index is 0.0275. The Morgan fingerprint density at radius 2 is 2.06 bits per heavy atom. The molecule has 3 N–H and O–H groups in total. The molecule has 1 aromatic carbocycles. The summed E-state index contributed by atoms with van der Waals surface area (Å²) >= 11 is 5.84. The molecule has 0 atom stereocenters. The zero-order valence-electron chi connectivity index (χ0n) is 9.05. The zero-order valence-corrected chi connectivity index (χ0v) is 9.81. The molecule has 0 radical (unpaired) electrons. The van der Waals surface area contributed by atoms with Crippen LogP contribution in [0.15, 0.2) is 24.3 Å². The van der Waals surface area contributed by atoms with Crippen molar-refractivity contribution in [3.8, 4) is 0 Å². The summed E-state index contributed by atoms with van der Waals surface area (Å²) in [7, 11) is 0. The van der Waals surface area contributed by atoms with E-state index in [1.165, 1.54) is 0 Å². The van der Waals surface area contributed by atoms with Crippen LogP contribution < -0.4 is 11.1 Å². The van der Waals surface area contributed by atoms with Gasteiger partial charge in [0, 0.05) is 5.02 Å². The second kappa shape index (κ2) is 5.93. The van der Waals surface area contributed by atoms with Gasteiger partial charge in [0.15, 0.2) is 0 Å². The Kier molecular flexibility index (Phi) is 4.84. The fourth-order valence-electron chi connectivity index (χ4n) is 1.18. The topological polar surface area (TPSA) is 55.1 Å². The Balaban J connectivity index is 2.48. The van der Waals surface area contributed by atoms with E-state index in [0.29, 0.717) is 10.6 Å². The molecule has 0 bridgehead atoms. The Labute approximate surface area is 103 Å². The van der Waals surface area contributed by atoms with Crippen LogP contribution in [0.4, 0.5) is 8.78 Å². The Hall–Kier alpha value is -1.20. The molecular weight excluding hydrogens is 250 g/mol. The molecule has 0 saturated heterocycles. The Morgan fingerprint density at radius 1 is 1.41 bits per heavy atom. The summed E-state index contributed by atoms with van der Waals surface area (Å²) in [6, 6.07) is 6.76. The zero-order chi connectivity index (χ0) is 12.9. The molecule has 0 aliphatic heterocycles. The van der Waals surface area contributed by atoms with Crippen molar-refractivity contribution in [1.29, 1.82) is 0 Å². The normalized spacial score (nSPS) is 11.3. The Morgan fingerprint density at radius 3 is 2.65 bits per heavy atom. The second-order valence-corrected chi connectivity index (χ2v) is 4.01. The molecule has 0 aliphatic carbocycles. The number of alkyl halides is 2. The van der Waals surface area contributed by atoms with Crippen LogP contribution >= 0.6 is 11.6 Å². The fourth-order valence-corrected chi connectivity index (χ4v) is 1.38. The SMILES string of the molecule is NCC(F)(F)CNC(=O)Cc1ccccc1Cl. The number of nitrogens with two attached hydrogens (primary N) is 1. The second-order valence-electron chi connectivity index (χ2n) is 3.60. The standard InChI is InChI=1S/C11H13ClF2N2O/c12-9-4-2-1-3-8(9)5-10(17)16-7-11(13,14)6-15/h1-4H,5-7,15H2,(H,16,17). The van der Waals surface area contributed by atoms with Crippen molar-refractivity contribution in [2.45, 2.75) is 12.3 Å². The lowest BCUT2D eigenvalue weighted by molar-refractivity contribution is -0.122. The highest BCUT2D eigenvalue weighted by Gasteiger charge is 2.27.